The summed E-state index contributed by atoms with van der Waals surface area (Å²) in [6.07, 6.45) is -3.49. The molecular weight excluding hydrogens is 460 g/mol. The van der Waals surface area contributed by atoms with Crippen LogP contribution in [-0.2, 0) is 38.9 Å². The zero-order chi connectivity index (χ0) is 25.5. The molecule has 0 spiro atoms. The number of carbonyl (C=O) groups excluding carboxylic acids is 2. The molecule has 1 heterocycles. The average Bonchev–Trinajstić information content (AvgIpc) is 3.21. The van der Waals surface area contributed by atoms with Crippen molar-refractivity contribution in [3.63, 3.8) is 0 Å². The fraction of sp³-hybridized carbons (Fsp3) is 0.310. The number of ether oxygens (including phenoxy) is 5. The quantitative estimate of drug-likeness (QED) is 0.328. The Kier molecular flexibility index (Phi) is 8.15. The maximum atomic E-state index is 11.9. The van der Waals surface area contributed by atoms with Crippen molar-refractivity contribution in [1.82, 2.24) is 0 Å². The molecule has 0 aliphatic carbocycles. The van der Waals surface area contributed by atoms with E-state index >= 15 is 0 Å². The molecule has 0 N–H and O–H groups in total. The van der Waals surface area contributed by atoms with Gasteiger partial charge in [-0.2, -0.15) is 0 Å². The summed E-state index contributed by atoms with van der Waals surface area (Å²) in [6.45, 7) is 2.60. The molecule has 0 aromatic heterocycles. The van der Waals surface area contributed by atoms with Gasteiger partial charge in [-0.05, 0) is 16.7 Å². The van der Waals surface area contributed by atoms with E-state index in [2.05, 4.69) is 0 Å². The van der Waals surface area contributed by atoms with Gasteiger partial charge in [0.05, 0.1) is 6.61 Å². The van der Waals surface area contributed by atoms with Gasteiger partial charge in [-0.15, -0.1) is 0 Å². The predicted octanol–water partition coefficient (Wildman–Crippen LogP) is 4.23. The van der Waals surface area contributed by atoms with Crippen LogP contribution in [0, 0.1) is 0 Å². The fourth-order valence-corrected chi connectivity index (χ4v) is 4.64. The molecule has 0 bridgehead atoms. The van der Waals surface area contributed by atoms with Crippen molar-refractivity contribution in [2.45, 2.75) is 44.1 Å². The summed E-state index contributed by atoms with van der Waals surface area (Å²) in [5.74, 6) is -1.06. The summed E-state index contributed by atoms with van der Waals surface area (Å²) >= 11 is 0. The molecule has 0 radical (unpaired) electrons. The van der Waals surface area contributed by atoms with Gasteiger partial charge in [0, 0.05) is 21.0 Å². The molecule has 0 amide bonds. The molecule has 1 saturated heterocycles. The molecule has 4 rings (SSSR count). The highest BCUT2D eigenvalue weighted by Gasteiger charge is 2.51. The third kappa shape index (κ3) is 5.33. The summed E-state index contributed by atoms with van der Waals surface area (Å²) in [5.41, 5.74) is 1.77. The van der Waals surface area contributed by atoms with E-state index in [1.165, 1.54) is 21.0 Å². The molecule has 188 valence electrons. The predicted molar refractivity (Wildman–Crippen MR) is 132 cm³/mol. The Hall–Kier alpha value is -3.52. The first-order chi connectivity index (χ1) is 17.5. The number of rotatable bonds is 9. The van der Waals surface area contributed by atoms with Gasteiger partial charge in [-0.3, -0.25) is 9.59 Å². The molecule has 3 aromatic carbocycles. The van der Waals surface area contributed by atoms with Crippen LogP contribution in [0.5, 0.6) is 0 Å². The molecule has 3 aromatic rings. The van der Waals surface area contributed by atoms with Crippen molar-refractivity contribution in [2.24, 2.45) is 0 Å². The average molecular weight is 491 g/mol. The van der Waals surface area contributed by atoms with Crippen molar-refractivity contribution in [3.05, 3.63) is 108 Å². The van der Waals surface area contributed by atoms with E-state index in [9.17, 15) is 9.59 Å². The lowest BCUT2D eigenvalue weighted by Crippen LogP contribution is -2.43. The number of methoxy groups -OCH3 is 1. The first-order valence-corrected chi connectivity index (χ1v) is 11.8. The van der Waals surface area contributed by atoms with Crippen molar-refractivity contribution in [3.8, 4) is 0 Å². The Morgan fingerprint density at radius 3 is 1.53 bits per heavy atom. The second kappa shape index (κ2) is 11.5. The molecule has 1 aliphatic rings. The lowest BCUT2D eigenvalue weighted by Gasteiger charge is -2.37. The van der Waals surface area contributed by atoms with E-state index in [-0.39, 0.29) is 6.61 Å². The molecule has 7 nitrogen and oxygen atoms in total. The summed E-state index contributed by atoms with van der Waals surface area (Å²) in [4.78, 5) is 23.7. The maximum Gasteiger partial charge on any atom is 0.303 e. The maximum absolute atomic E-state index is 11.9. The van der Waals surface area contributed by atoms with Gasteiger partial charge in [0.25, 0.3) is 0 Å². The Balaban J connectivity index is 1.76. The molecule has 1 aliphatic heterocycles. The van der Waals surface area contributed by atoms with Gasteiger partial charge in [-0.1, -0.05) is 91.0 Å². The first kappa shape index (κ1) is 25.6. The standard InChI is InChI=1S/C29H30O7/c1-20(30)34-26-25(36-28(32-3)27(26)35-21(2)31)19-33-29(22-13-7-4-8-14-22,23-15-9-5-10-16-23)24-17-11-6-12-18-24/h4-18,25-28H,19H2,1-3H3. The highest BCUT2D eigenvalue weighted by molar-refractivity contribution is 5.67. The first-order valence-electron chi connectivity index (χ1n) is 11.8. The number of esters is 2. The van der Waals surface area contributed by atoms with Crippen LogP contribution < -0.4 is 0 Å². The van der Waals surface area contributed by atoms with Crippen molar-refractivity contribution in [1.29, 1.82) is 0 Å². The van der Waals surface area contributed by atoms with Gasteiger partial charge in [0.1, 0.15) is 11.7 Å². The van der Waals surface area contributed by atoms with Crippen LogP contribution in [0.3, 0.4) is 0 Å². The summed E-state index contributed by atoms with van der Waals surface area (Å²) < 4.78 is 29.2. The van der Waals surface area contributed by atoms with Crippen molar-refractivity contribution < 1.29 is 33.3 Å². The van der Waals surface area contributed by atoms with Crippen LogP contribution in [0.1, 0.15) is 30.5 Å². The van der Waals surface area contributed by atoms with Crippen molar-refractivity contribution in [2.75, 3.05) is 13.7 Å². The highest BCUT2D eigenvalue weighted by atomic mass is 16.7. The summed E-state index contributed by atoms with van der Waals surface area (Å²) in [5, 5.41) is 0. The Labute approximate surface area is 210 Å². The molecule has 4 unspecified atom stereocenters. The topological polar surface area (TPSA) is 80.3 Å². The molecule has 36 heavy (non-hydrogen) atoms. The van der Waals surface area contributed by atoms with Gasteiger partial charge < -0.3 is 23.7 Å². The number of carbonyl (C=O) groups is 2. The third-order valence-electron chi connectivity index (χ3n) is 6.11. The lowest BCUT2D eigenvalue weighted by atomic mass is 9.80. The largest absolute Gasteiger partial charge is 0.455 e. The zero-order valence-electron chi connectivity index (χ0n) is 20.5. The number of benzene rings is 3. The molecular formula is C29H30O7. The van der Waals surface area contributed by atoms with E-state index in [0.717, 1.165) is 16.7 Å². The Morgan fingerprint density at radius 1 is 0.722 bits per heavy atom. The fourth-order valence-electron chi connectivity index (χ4n) is 4.64. The molecule has 1 fully saturated rings. The monoisotopic (exact) mass is 490 g/mol. The summed E-state index contributed by atoms with van der Waals surface area (Å²) in [7, 11) is 1.44. The van der Waals surface area contributed by atoms with Crippen LogP contribution in [0.4, 0.5) is 0 Å². The van der Waals surface area contributed by atoms with Crippen LogP contribution >= 0.6 is 0 Å². The minimum absolute atomic E-state index is 0.0221. The summed E-state index contributed by atoms with van der Waals surface area (Å²) in [6, 6.07) is 29.7. The van der Waals surface area contributed by atoms with E-state index < -0.39 is 42.1 Å². The van der Waals surface area contributed by atoms with Crippen LogP contribution in [0.2, 0.25) is 0 Å². The second-order valence-electron chi connectivity index (χ2n) is 8.52. The Bertz CT molecular complexity index is 1040. The zero-order valence-corrected chi connectivity index (χ0v) is 20.5. The normalized spacial score (nSPS) is 21.6. The van der Waals surface area contributed by atoms with Crippen LogP contribution in [-0.4, -0.2) is 50.3 Å². The second-order valence-corrected chi connectivity index (χ2v) is 8.52. The minimum atomic E-state index is -0.990. The van der Waals surface area contributed by atoms with E-state index in [4.69, 9.17) is 23.7 Å². The molecule has 4 atom stereocenters. The van der Waals surface area contributed by atoms with Gasteiger partial charge >= 0.3 is 11.9 Å². The third-order valence-corrected chi connectivity index (χ3v) is 6.11. The minimum Gasteiger partial charge on any atom is -0.455 e. The van der Waals surface area contributed by atoms with Gasteiger partial charge in [0.2, 0.25) is 0 Å². The Morgan fingerprint density at radius 2 is 1.14 bits per heavy atom. The van der Waals surface area contributed by atoms with Crippen LogP contribution in [0.15, 0.2) is 91.0 Å². The number of hydrogen-bond donors (Lipinski definition) is 0. The molecule has 7 heteroatoms. The van der Waals surface area contributed by atoms with E-state index in [1.54, 1.807) is 0 Å². The van der Waals surface area contributed by atoms with Gasteiger partial charge in [-0.25, -0.2) is 0 Å². The lowest BCUT2D eigenvalue weighted by molar-refractivity contribution is -0.182. The van der Waals surface area contributed by atoms with E-state index in [0.29, 0.717) is 0 Å². The van der Waals surface area contributed by atoms with Gasteiger partial charge in [0.15, 0.2) is 18.5 Å². The molecule has 0 saturated carbocycles. The van der Waals surface area contributed by atoms with Crippen LogP contribution in [0.25, 0.3) is 0 Å². The van der Waals surface area contributed by atoms with Crippen molar-refractivity contribution >= 4 is 11.9 Å². The highest BCUT2D eigenvalue weighted by Crippen LogP contribution is 2.41. The van der Waals surface area contributed by atoms with E-state index in [1.807, 2.05) is 91.0 Å². The SMILES string of the molecule is COC1OC(COC(c2ccccc2)(c2ccccc2)c2ccccc2)C(OC(C)=O)C1OC(C)=O. The number of hydrogen-bond acceptors (Lipinski definition) is 7. The smallest absolute Gasteiger partial charge is 0.303 e.